The number of hydrogen-bond acceptors (Lipinski definition) is 6. The van der Waals surface area contributed by atoms with E-state index in [9.17, 15) is 14.4 Å². The fraction of sp³-hybridized carbons (Fsp3) is 0.375. The quantitative estimate of drug-likeness (QED) is 0.317. The summed E-state index contributed by atoms with van der Waals surface area (Å²) in [5, 5.41) is 2.91. The third kappa shape index (κ3) is 5.11. The number of aromatic nitrogens is 1. The molecular weight excluding hydrogens is 490 g/mol. The van der Waals surface area contributed by atoms with Gasteiger partial charge >= 0.3 is 0 Å². The van der Waals surface area contributed by atoms with E-state index in [1.165, 1.54) is 6.08 Å². The van der Waals surface area contributed by atoms with E-state index in [2.05, 4.69) is 35.1 Å². The Bertz CT molecular complexity index is 1470. The zero-order valence-corrected chi connectivity index (χ0v) is 23.1. The minimum absolute atomic E-state index is 0.0257. The van der Waals surface area contributed by atoms with E-state index >= 15 is 0 Å². The third-order valence-corrected chi connectivity index (χ3v) is 8.07. The lowest BCUT2D eigenvalue weighted by Gasteiger charge is -2.34. The summed E-state index contributed by atoms with van der Waals surface area (Å²) >= 11 is 0. The molecule has 2 aliphatic rings. The van der Waals surface area contributed by atoms with Crippen molar-refractivity contribution in [1.82, 2.24) is 15.2 Å². The number of Topliss-reactive ketones (excluding diaryl/α,β-unsaturated/α-hetero) is 2. The Morgan fingerprint density at radius 2 is 1.97 bits per heavy atom. The SMILES string of the molecule is CCN(CCNC(=O)/C=C/c1cccnc1)Cc1oc2c(c1C)C(=O)C(=O)c1c-2ccc2c1CCCC2(C)C. The number of carbonyl (C=O) groups excluding carboxylic acids is 3. The Kier molecular flexibility index (Phi) is 7.36. The second-order valence-electron chi connectivity index (χ2n) is 11.0. The first kappa shape index (κ1) is 26.8. The van der Waals surface area contributed by atoms with Gasteiger partial charge in [0.2, 0.25) is 17.5 Å². The maximum Gasteiger partial charge on any atom is 0.244 e. The number of rotatable bonds is 8. The molecule has 1 amide bonds. The van der Waals surface area contributed by atoms with Gasteiger partial charge in [-0.2, -0.15) is 0 Å². The highest BCUT2D eigenvalue weighted by molar-refractivity contribution is 6.53. The predicted octanol–water partition coefficient (Wildman–Crippen LogP) is 5.29. The number of hydrogen-bond donors (Lipinski definition) is 1. The lowest BCUT2D eigenvalue weighted by Crippen LogP contribution is -2.34. The third-order valence-electron chi connectivity index (χ3n) is 8.07. The molecule has 39 heavy (non-hydrogen) atoms. The van der Waals surface area contributed by atoms with Crippen LogP contribution < -0.4 is 5.32 Å². The standard InChI is InChI=1S/C32H35N3O4/c1-5-35(17-16-34-26(36)13-10-21-8-7-15-33-18-21)19-25-20(2)27-29(37)30(38)28-22-9-6-14-32(3,4)24(22)12-11-23(28)31(27)39-25/h7-8,10-13,15,18H,5-6,9,14,16-17,19H2,1-4H3,(H,34,36)/b13-10+. The highest BCUT2D eigenvalue weighted by Crippen LogP contribution is 2.45. The zero-order chi connectivity index (χ0) is 27.7. The van der Waals surface area contributed by atoms with Gasteiger partial charge in [-0.05, 0) is 67.0 Å². The number of furan rings is 1. The lowest BCUT2D eigenvalue weighted by atomic mass is 9.69. The number of carbonyl (C=O) groups is 3. The van der Waals surface area contributed by atoms with E-state index < -0.39 is 11.6 Å². The molecule has 0 aliphatic heterocycles. The molecule has 1 N–H and O–H groups in total. The molecule has 0 spiro atoms. The number of likely N-dealkylation sites (N-methyl/N-ethyl adjacent to an activating group) is 1. The van der Waals surface area contributed by atoms with Crippen LogP contribution in [0.5, 0.6) is 0 Å². The van der Waals surface area contributed by atoms with Gasteiger partial charge in [-0.1, -0.05) is 39.0 Å². The average molecular weight is 526 g/mol. The minimum atomic E-state index is -0.475. The lowest BCUT2D eigenvalue weighted by molar-refractivity contribution is -0.116. The van der Waals surface area contributed by atoms with Crippen molar-refractivity contribution in [2.45, 2.75) is 58.9 Å². The first-order valence-electron chi connectivity index (χ1n) is 13.7. The van der Waals surface area contributed by atoms with E-state index in [1.54, 1.807) is 18.5 Å². The Labute approximate surface area is 229 Å². The average Bonchev–Trinajstić information content (AvgIpc) is 3.25. The van der Waals surface area contributed by atoms with Gasteiger partial charge in [-0.15, -0.1) is 0 Å². The molecule has 2 aliphatic carbocycles. The monoisotopic (exact) mass is 525 g/mol. The molecule has 2 heterocycles. The maximum absolute atomic E-state index is 13.4. The number of nitrogens with zero attached hydrogens (tertiary/aromatic N) is 2. The van der Waals surface area contributed by atoms with Gasteiger partial charge in [-0.25, -0.2) is 0 Å². The van der Waals surface area contributed by atoms with E-state index in [0.717, 1.165) is 48.1 Å². The van der Waals surface area contributed by atoms with Crippen LogP contribution in [-0.4, -0.2) is 47.0 Å². The van der Waals surface area contributed by atoms with Gasteiger partial charge in [0.1, 0.15) is 11.5 Å². The van der Waals surface area contributed by atoms with E-state index in [0.29, 0.717) is 47.8 Å². The highest BCUT2D eigenvalue weighted by atomic mass is 16.3. The van der Waals surface area contributed by atoms with Crippen molar-refractivity contribution in [2.75, 3.05) is 19.6 Å². The number of fused-ring (bicyclic) bond motifs is 5. The first-order valence-corrected chi connectivity index (χ1v) is 13.7. The van der Waals surface area contributed by atoms with Crippen LogP contribution in [0.1, 0.15) is 82.3 Å². The molecule has 1 aromatic carbocycles. The first-order chi connectivity index (χ1) is 18.7. The topological polar surface area (TPSA) is 92.5 Å². The molecule has 202 valence electrons. The van der Waals surface area contributed by atoms with Crippen LogP contribution in [-0.2, 0) is 23.2 Å². The van der Waals surface area contributed by atoms with Crippen molar-refractivity contribution in [3.05, 3.63) is 81.9 Å². The molecule has 0 saturated heterocycles. The minimum Gasteiger partial charge on any atom is -0.459 e. The van der Waals surface area contributed by atoms with Gasteiger partial charge in [0.15, 0.2) is 0 Å². The number of ketones is 2. The summed E-state index contributed by atoms with van der Waals surface area (Å²) in [6, 6.07) is 7.78. The molecule has 2 aromatic heterocycles. The van der Waals surface area contributed by atoms with Crippen LogP contribution in [0.3, 0.4) is 0 Å². The van der Waals surface area contributed by atoms with Gasteiger partial charge in [0.05, 0.1) is 12.1 Å². The van der Waals surface area contributed by atoms with Crippen LogP contribution in [0.15, 0.2) is 47.2 Å². The molecule has 0 unspecified atom stereocenters. The van der Waals surface area contributed by atoms with Crippen molar-refractivity contribution in [2.24, 2.45) is 0 Å². The summed E-state index contributed by atoms with van der Waals surface area (Å²) in [6.45, 7) is 10.6. The van der Waals surface area contributed by atoms with Crippen LogP contribution in [0.2, 0.25) is 0 Å². The molecule has 0 saturated carbocycles. The summed E-state index contributed by atoms with van der Waals surface area (Å²) in [6.07, 6.45) is 9.46. The number of benzene rings is 1. The molecular formula is C32H35N3O4. The van der Waals surface area contributed by atoms with Gasteiger partial charge in [0.25, 0.3) is 0 Å². The molecule has 0 atom stereocenters. The number of amides is 1. The number of pyridine rings is 1. The van der Waals surface area contributed by atoms with Gasteiger partial charge in [-0.3, -0.25) is 24.3 Å². The summed E-state index contributed by atoms with van der Waals surface area (Å²) in [5.41, 5.74) is 5.38. The Morgan fingerprint density at radius 3 is 2.72 bits per heavy atom. The zero-order valence-electron chi connectivity index (χ0n) is 23.1. The van der Waals surface area contributed by atoms with Crippen LogP contribution in [0, 0.1) is 6.92 Å². The maximum atomic E-state index is 13.4. The molecule has 0 fully saturated rings. The van der Waals surface area contributed by atoms with Crippen molar-refractivity contribution in [3.63, 3.8) is 0 Å². The Hall–Kier alpha value is -3.84. The summed E-state index contributed by atoms with van der Waals surface area (Å²) in [4.78, 5) is 45.2. The fourth-order valence-electron chi connectivity index (χ4n) is 5.83. The van der Waals surface area contributed by atoms with E-state index in [1.807, 2.05) is 32.0 Å². The normalized spacial score (nSPS) is 15.8. The predicted molar refractivity (Wildman–Crippen MR) is 151 cm³/mol. The van der Waals surface area contributed by atoms with Gasteiger partial charge < -0.3 is 9.73 Å². The Balaban J connectivity index is 1.33. The van der Waals surface area contributed by atoms with Crippen molar-refractivity contribution < 1.29 is 18.8 Å². The second kappa shape index (κ2) is 10.7. The van der Waals surface area contributed by atoms with Crippen molar-refractivity contribution in [1.29, 1.82) is 0 Å². The molecule has 5 rings (SSSR count). The number of nitrogens with one attached hydrogen (secondary N) is 1. The molecule has 7 heteroatoms. The van der Waals surface area contributed by atoms with E-state index in [-0.39, 0.29) is 11.3 Å². The molecule has 3 aromatic rings. The molecule has 0 bridgehead atoms. The van der Waals surface area contributed by atoms with Crippen LogP contribution in [0.4, 0.5) is 0 Å². The van der Waals surface area contributed by atoms with Gasteiger partial charge in [0, 0.05) is 48.2 Å². The summed E-state index contributed by atoms with van der Waals surface area (Å²) in [7, 11) is 0. The smallest absolute Gasteiger partial charge is 0.244 e. The Morgan fingerprint density at radius 1 is 1.18 bits per heavy atom. The van der Waals surface area contributed by atoms with Crippen molar-refractivity contribution in [3.8, 4) is 11.3 Å². The largest absolute Gasteiger partial charge is 0.459 e. The molecule has 7 nitrogen and oxygen atoms in total. The van der Waals surface area contributed by atoms with Crippen LogP contribution >= 0.6 is 0 Å². The van der Waals surface area contributed by atoms with E-state index in [4.69, 9.17) is 4.42 Å². The van der Waals surface area contributed by atoms with Crippen molar-refractivity contribution >= 4 is 23.5 Å². The summed E-state index contributed by atoms with van der Waals surface area (Å²) in [5.74, 6) is 0.121. The fourth-order valence-corrected chi connectivity index (χ4v) is 5.83. The second-order valence-corrected chi connectivity index (χ2v) is 11.0. The summed E-state index contributed by atoms with van der Waals surface area (Å²) < 4.78 is 6.35. The highest BCUT2D eigenvalue weighted by Gasteiger charge is 2.40. The molecule has 0 radical (unpaired) electrons. The van der Waals surface area contributed by atoms with Crippen LogP contribution in [0.25, 0.3) is 17.4 Å².